The van der Waals surface area contributed by atoms with E-state index >= 15 is 0 Å². The Hall–Kier alpha value is -2.82. The van der Waals surface area contributed by atoms with Crippen LogP contribution in [0.1, 0.15) is 5.56 Å². The largest absolute Gasteiger partial charge is 0.497 e. The summed E-state index contributed by atoms with van der Waals surface area (Å²) in [5, 5.41) is 1.13. The lowest BCUT2D eigenvalue weighted by atomic mass is 10.2. The summed E-state index contributed by atoms with van der Waals surface area (Å²) in [4.78, 5) is 2.04. The molecule has 0 saturated carbocycles. The molecule has 1 aliphatic rings. The lowest BCUT2D eigenvalue weighted by Gasteiger charge is -2.34. The van der Waals surface area contributed by atoms with Gasteiger partial charge in [-0.3, -0.25) is 0 Å². The third-order valence-electron chi connectivity index (χ3n) is 4.40. The second-order valence-electron chi connectivity index (χ2n) is 6.21. The summed E-state index contributed by atoms with van der Waals surface area (Å²) >= 11 is 0. The summed E-state index contributed by atoms with van der Waals surface area (Å²) in [6.07, 6.45) is 1.35. The van der Waals surface area contributed by atoms with Gasteiger partial charge in [0.1, 0.15) is 11.6 Å². The third-order valence-corrected chi connectivity index (χ3v) is 5.96. The van der Waals surface area contributed by atoms with Gasteiger partial charge in [-0.15, -0.1) is 0 Å². The molecule has 0 bridgehead atoms. The van der Waals surface area contributed by atoms with Crippen LogP contribution < -0.4 is 9.64 Å². The van der Waals surface area contributed by atoms with Crippen LogP contribution in [-0.4, -0.2) is 46.0 Å². The number of hydrogen-bond donors (Lipinski definition) is 0. The van der Waals surface area contributed by atoms with Crippen LogP contribution in [0.5, 0.6) is 5.75 Å². The van der Waals surface area contributed by atoms with Crippen molar-refractivity contribution < 1.29 is 17.5 Å². The van der Waals surface area contributed by atoms with Crippen LogP contribution >= 0.6 is 0 Å². The minimum Gasteiger partial charge on any atom is -0.497 e. The minimum absolute atomic E-state index is 0.287. The number of allylic oxidation sites excluding steroid dienone is 1. The second kappa shape index (κ2) is 8.91. The maximum absolute atomic E-state index is 13.0. The van der Waals surface area contributed by atoms with Crippen molar-refractivity contribution in [2.75, 3.05) is 38.2 Å². The Morgan fingerprint density at radius 3 is 2.46 bits per heavy atom. The van der Waals surface area contributed by atoms with E-state index in [0.717, 1.165) is 16.7 Å². The molecule has 0 aliphatic carbocycles. The molecule has 1 heterocycles. The zero-order valence-corrected chi connectivity index (χ0v) is 16.3. The molecular weight excluding hydrogens is 379 g/mol. The summed E-state index contributed by atoms with van der Waals surface area (Å²) in [6, 6.07) is 13.5. The molecule has 0 unspecified atom stereocenters. The fourth-order valence-corrected chi connectivity index (χ4v) is 3.97. The van der Waals surface area contributed by atoms with Crippen molar-refractivity contribution in [1.29, 1.82) is 0 Å². The van der Waals surface area contributed by atoms with E-state index in [1.165, 1.54) is 22.5 Å². The summed E-state index contributed by atoms with van der Waals surface area (Å²) in [5.74, 6) is 6.05. The molecule has 0 aromatic heterocycles. The van der Waals surface area contributed by atoms with Crippen LogP contribution in [-0.2, 0) is 10.0 Å². The molecule has 5 nitrogen and oxygen atoms in total. The van der Waals surface area contributed by atoms with Gasteiger partial charge in [-0.25, -0.2) is 12.8 Å². The van der Waals surface area contributed by atoms with Crippen molar-refractivity contribution in [3.63, 3.8) is 0 Å². The molecule has 0 N–H and O–H groups in total. The molecule has 146 valence electrons. The third kappa shape index (κ3) is 5.12. The first kappa shape index (κ1) is 19.9. The summed E-state index contributed by atoms with van der Waals surface area (Å²) < 4.78 is 44.5. The van der Waals surface area contributed by atoms with E-state index in [4.69, 9.17) is 4.74 Å². The number of ether oxygens (including phenoxy) is 1. The Morgan fingerprint density at radius 2 is 1.79 bits per heavy atom. The number of benzene rings is 2. The maximum atomic E-state index is 13.0. The van der Waals surface area contributed by atoms with Crippen molar-refractivity contribution in [1.82, 2.24) is 4.31 Å². The van der Waals surface area contributed by atoms with Crippen molar-refractivity contribution in [3.8, 4) is 17.6 Å². The fraction of sp³-hybridized carbons (Fsp3) is 0.238. The van der Waals surface area contributed by atoms with E-state index in [1.807, 2.05) is 23.1 Å². The number of piperazine rings is 1. The highest BCUT2D eigenvalue weighted by atomic mass is 32.2. The van der Waals surface area contributed by atoms with Gasteiger partial charge in [0.05, 0.1) is 12.5 Å². The topological polar surface area (TPSA) is 49.9 Å². The molecule has 2 aromatic rings. The average molecular weight is 400 g/mol. The number of anilines is 1. The number of nitrogens with zero attached hydrogens (tertiary/aromatic N) is 2. The smallest absolute Gasteiger partial charge is 0.236 e. The number of sulfonamides is 1. The molecular formula is C21H21FN2O3S. The molecule has 0 radical (unpaired) electrons. The van der Waals surface area contributed by atoms with E-state index < -0.39 is 10.0 Å². The van der Waals surface area contributed by atoms with Crippen LogP contribution in [0, 0.1) is 17.7 Å². The standard InChI is InChI=1S/C21H21FN2O3S/c1-27-21-7-4-6-18(17-21)5-2-3-16-28(25,26)24-14-12-23(13-15-24)20-10-8-19(22)9-11-20/h3-4,6-11,16-17H,12-15H2,1H3/b16-3-. The molecule has 1 aliphatic heterocycles. The molecule has 3 rings (SSSR count). The Labute approximate surface area is 165 Å². The van der Waals surface area contributed by atoms with E-state index in [1.54, 1.807) is 25.3 Å². The highest BCUT2D eigenvalue weighted by Crippen LogP contribution is 2.18. The summed E-state index contributed by atoms with van der Waals surface area (Å²) in [5.41, 5.74) is 1.63. The van der Waals surface area contributed by atoms with Gasteiger partial charge in [-0.1, -0.05) is 17.9 Å². The Kier molecular flexibility index (Phi) is 6.34. The Morgan fingerprint density at radius 1 is 1.07 bits per heavy atom. The van der Waals surface area contributed by atoms with Gasteiger partial charge in [0, 0.05) is 43.5 Å². The summed E-state index contributed by atoms with van der Waals surface area (Å²) in [6.45, 7) is 1.84. The first-order chi connectivity index (χ1) is 13.5. The lowest BCUT2D eigenvalue weighted by molar-refractivity contribution is 0.390. The van der Waals surface area contributed by atoms with E-state index in [9.17, 15) is 12.8 Å². The van der Waals surface area contributed by atoms with E-state index in [-0.39, 0.29) is 5.82 Å². The minimum atomic E-state index is -3.52. The van der Waals surface area contributed by atoms with Crippen LogP contribution in [0.3, 0.4) is 0 Å². The highest BCUT2D eigenvalue weighted by molar-refractivity contribution is 7.92. The Bertz CT molecular complexity index is 1000. The molecule has 0 amide bonds. The van der Waals surface area contributed by atoms with Gasteiger partial charge < -0.3 is 9.64 Å². The molecule has 2 aromatic carbocycles. The van der Waals surface area contributed by atoms with Crippen molar-refractivity contribution in [3.05, 3.63) is 71.4 Å². The zero-order chi connectivity index (χ0) is 20.0. The quantitative estimate of drug-likeness (QED) is 0.741. The number of rotatable bonds is 4. The van der Waals surface area contributed by atoms with Gasteiger partial charge in [-0.05, 0) is 42.5 Å². The van der Waals surface area contributed by atoms with E-state index in [2.05, 4.69) is 11.8 Å². The summed E-state index contributed by atoms with van der Waals surface area (Å²) in [7, 11) is -1.95. The van der Waals surface area contributed by atoms with Gasteiger partial charge in [0.15, 0.2) is 0 Å². The van der Waals surface area contributed by atoms with Crippen LogP contribution in [0.2, 0.25) is 0 Å². The van der Waals surface area contributed by atoms with Crippen molar-refractivity contribution in [2.24, 2.45) is 0 Å². The Balaban J connectivity index is 1.59. The van der Waals surface area contributed by atoms with Gasteiger partial charge in [0.2, 0.25) is 10.0 Å². The molecule has 7 heteroatoms. The van der Waals surface area contributed by atoms with Gasteiger partial charge in [0.25, 0.3) is 0 Å². The predicted octanol–water partition coefficient (Wildman–Crippen LogP) is 2.85. The maximum Gasteiger partial charge on any atom is 0.236 e. The van der Waals surface area contributed by atoms with Crippen LogP contribution in [0.15, 0.2) is 60.0 Å². The number of hydrogen-bond acceptors (Lipinski definition) is 4. The first-order valence-electron chi connectivity index (χ1n) is 8.81. The lowest BCUT2D eigenvalue weighted by Crippen LogP contribution is -2.48. The monoisotopic (exact) mass is 400 g/mol. The SMILES string of the molecule is COc1cccc(C#C/C=C\S(=O)(=O)N2CCN(c3ccc(F)cc3)CC2)c1. The first-order valence-corrected chi connectivity index (χ1v) is 10.3. The number of methoxy groups -OCH3 is 1. The van der Waals surface area contributed by atoms with Crippen LogP contribution in [0.4, 0.5) is 10.1 Å². The highest BCUT2D eigenvalue weighted by Gasteiger charge is 2.25. The molecule has 0 atom stereocenters. The van der Waals surface area contributed by atoms with E-state index in [0.29, 0.717) is 31.9 Å². The second-order valence-corrected chi connectivity index (χ2v) is 8.03. The average Bonchev–Trinajstić information content (AvgIpc) is 2.72. The zero-order valence-electron chi connectivity index (χ0n) is 15.5. The predicted molar refractivity (Wildman–Crippen MR) is 108 cm³/mol. The van der Waals surface area contributed by atoms with Crippen LogP contribution in [0.25, 0.3) is 0 Å². The van der Waals surface area contributed by atoms with Gasteiger partial charge >= 0.3 is 0 Å². The number of halogens is 1. The van der Waals surface area contributed by atoms with Crippen molar-refractivity contribution in [2.45, 2.75) is 0 Å². The molecule has 1 saturated heterocycles. The fourth-order valence-electron chi connectivity index (χ4n) is 2.88. The molecule has 28 heavy (non-hydrogen) atoms. The normalized spacial score (nSPS) is 15.3. The van der Waals surface area contributed by atoms with Gasteiger partial charge in [-0.2, -0.15) is 4.31 Å². The van der Waals surface area contributed by atoms with Crippen molar-refractivity contribution >= 4 is 15.7 Å². The molecule has 1 fully saturated rings. The molecule has 0 spiro atoms.